The third-order valence-electron chi connectivity index (χ3n) is 11.8. The van der Waals surface area contributed by atoms with E-state index in [2.05, 4.69) is 72.5 Å². The number of fused-ring (bicyclic) bond motifs is 6. The predicted octanol–water partition coefficient (Wildman–Crippen LogP) is 5.37. The standard InChI is InChI=1S/C47H62N6O7/c1-8-52-40-16-15-32-26-36(40)37(43(52)35-13-10-9-12-31(35)18-21-59-7)27-47(4,5)28-60-46(58)38-14-11-20-53(50-38)45(57)39(24-30-22-33(32)25-34(54)23-30)49-44(56)42(29(2)3)51(6)41(55)17-19-48/h9-10,12-13,15-16,22-23,25-26,29,38-39,42,50,54H,8,11,14,17-21,24,27-28,48H2,1-7H3,(H,49,56)/t38-,39-,42-/m0/s1. The number of phenols is 1. The van der Waals surface area contributed by atoms with Gasteiger partial charge in [0.15, 0.2) is 0 Å². The van der Waals surface area contributed by atoms with Gasteiger partial charge in [0, 0.05) is 68.5 Å². The number of nitrogens with zero attached hydrogens (tertiary/aromatic N) is 3. The molecule has 1 fully saturated rings. The van der Waals surface area contributed by atoms with Crippen molar-refractivity contribution in [2.45, 2.75) is 97.8 Å². The molecule has 4 aromatic rings. The second kappa shape index (κ2) is 19.0. The Morgan fingerprint density at radius 3 is 2.58 bits per heavy atom. The van der Waals surface area contributed by atoms with Crippen molar-refractivity contribution < 1.29 is 33.8 Å². The fourth-order valence-corrected chi connectivity index (χ4v) is 8.83. The summed E-state index contributed by atoms with van der Waals surface area (Å²) >= 11 is 0. The van der Waals surface area contributed by atoms with Gasteiger partial charge in [0.2, 0.25) is 11.8 Å². The molecule has 0 saturated carbocycles. The number of methoxy groups -OCH3 is 1. The molecule has 3 heterocycles. The Hall–Kier alpha value is -5.24. The number of benzene rings is 3. The molecule has 2 aliphatic heterocycles. The van der Waals surface area contributed by atoms with E-state index >= 15 is 0 Å². The zero-order valence-electron chi connectivity index (χ0n) is 36.2. The van der Waals surface area contributed by atoms with E-state index in [9.17, 15) is 24.3 Å². The number of esters is 1. The Morgan fingerprint density at radius 2 is 1.87 bits per heavy atom. The molecule has 13 heteroatoms. The number of likely N-dealkylation sites (N-methyl/N-ethyl adjacent to an activating group) is 1. The zero-order chi connectivity index (χ0) is 43.3. The summed E-state index contributed by atoms with van der Waals surface area (Å²) in [5.74, 6) is -1.94. The van der Waals surface area contributed by atoms with Crippen LogP contribution in [0.4, 0.5) is 0 Å². The topological polar surface area (TPSA) is 168 Å². The van der Waals surface area contributed by atoms with Crippen molar-refractivity contribution in [3.05, 3.63) is 77.4 Å². The summed E-state index contributed by atoms with van der Waals surface area (Å²) in [7, 11) is 3.28. The SMILES string of the molecule is CCn1c(-c2ccccc2CCOC)c2c3cc(ccc31)-c1cc(O)cc(c1)C[C@H](NC(=O)[C@H](C(C)C)N(C)C(=O)CCN)C(=O)N1CCC[C@H](N1)C(=O)OCC(C)(C)C2. The maximum Gasteiger partial charge on any atom is 0.324 e. The minimum absolute atomic E-state index is 0.0147. The van der Waals surface area contributed by atoms with Gasteiger partial charge in [0.05, 0.1) is 18.9 Å². The van der Waals surface area contributed by atoms with E-state index in [4.69, 9.17) is 15.2 Å². The number of hydrogen-bond donors (Lipinski definition) is 4. The highest BCUT2D eigenvalue weighted by Gasteiger charge is 2.37. The molecule has 60 heavy (non-hydrogen) atoms. The first kappa shape index (κ1) is 44.3. The molecule has 3 amide bonds. The molecule has 5 N–H and O–H groups in total. The fourth-order valence-electron chi connectivity index (χ4n) is 8.83. The number of hydrazine groups is 1. The Morgan fingerprint density at radius 1 is 1.10 bits per heavy atom. The molecule has 3 atom stereocenters. The minimum atomic E-state index is -1.11. The van der Waals surface area contributed by atoms with Crippen LogP contribution in [-0.4, -0.2) is 102 Å². The van der Waals surface area contributed by atoms with E-state index in [0.29, 0.717) is 38.0 Å². The summed E-state index contributed by atoms with van der Waals surface area (Å²) in [6, 6.07) is 17.2. The lowest BCUT2D eigenvalue weighted by molar-refractivity contribution is -0.155. The number of carbonyl (C=O) groups is 4. The number of aryl methyl sites for hydroxylation is 1. The number of nitrogens with one attached hydrogen (secondary N) is 2. The Kier molecular flexibility index (Phi) is 14.0. The van der Waals surface area contributed by atoms with Crippen LogP contribution in [0.25, 0.3) is 33.3 Å². The number of rotatable bonds is 11. The van der Waals surface area contributed by atoms with Crippen molar-refractivity contribution >= 4 is 34.6 Å². The van der Waals surface area contributed by atoms with Gasteiger partial charge in [-0.05, 0) is 90.6 Å². The first-order valence-corrected chi connectivity index (χ1v) is 21.2. The van der Waals surface area contributed by atoms with Crippen molar-refractivity contribution in [1.82, 2.24) is 25.2 Å². The third-order valence-corrected chi connectivity index (χ3v) is 11.8. The van der Waals surface area contributed by atoms with Crippen LogP contribution < -0.4 is 16.5 Å². The summed E-state index contributed by atoms with van der Waals surface area (Å²) < 4.78 is 13.9. The molecule has 1 aromatic heterocycles. The van der Waals surface area contributed by atoms with Crippen LogP contribution in [0.15, 0.2) is 60.7 Å². The van der Waals surface area contributed by atoms with Crippen molar-refractivity contribution in [2.24, 2.45) is 17.1 Å². The summed E-state index contributed by atoms with van der Waals surface area (Å²) in [4.78, 5) is 56.8. The van der Waals surface area contributed by atoms with Gasteiger partial charge in [-0.15, -0.1) is 0 Å². The molecule has 6 rings (SSSR count). The number of nitrogens with two attached hydrogens (primary N) is 1. The molecular formula is C47H62N6O7. The van der Waals surface area contributed by atoms with Gasteiger partial charge in [0.1, 0.15) is 23.9 Å². The molecule has 322 valence electrons. The highest BCUT2D eigenvalue weighted by Crippen LogP contribution is 2.41. The monoisotopic (exact) mass is 822 g/mol. The van der Waals surface area contributed by atoms with Gasteiger partial charge in [0.25, 0.3) is 5.91 Å². The molecule has 13 nitrogen and oxygen atoms in total. The Balaban J connectivity index is 1.50. The van der Waals surface area contributed by atoms with Crippen LogP contribution in [-0.2, 0) is 54.5 Å². The highest BCUT2D eigenvalue weighted by atomic mass is 16.5. The molecule has 3 aromatic carbocycles. The second-order valence-electron chi connectivity index (χ2n) is 17.4. The molecule has 0 unspecified atom stereocenters. The second-order valence-corrected chi connectivity index (χ2v) is 17.4. The highest BCUT2D eigenvalue weighted by molar-refractivity contribution is 5.96. The largest absolute Gasteiger partial charge is 0.508 e. The van der Waals surface area contributed by atoms with E-state index in [-0.39, 0.29) is 43.6 Å². The first-order valence-electron chi connectivity index (χ1n) is 21.2. The molecule has 0 radical (unpaired) electrons. The van der Waals surface area contributed by atoms with Gasteiger partial charge < -0.3 is 35.1 Å². The first-order chi connectivity index (χ1) is 28.7. The summed E-state index contributed by atoms with van der Waals surface area (Å²) in [6.07, 6.45) is 2.45. The van der Waals surface area contributed by atoms with Crippen LogP contribution in [0, 0.1) is 11.3 Å². The molecular weight excluding hydrogens is 761 g/mol. The van der Waals surface area contributed by atoms with Gasteiger partial charge in [-0.2, -0.15) is 0 Å². The average Bonchev–Trinajstić information content (AvgIpc) is 3.52. The number of aromatic hydroxyl groups is 1. The van der Waals surface area contributed by atoms with Gasteiger partial charge in [-0.25, -0.2) is 5.43 Å². The lowest BCUT2D eigenvalue weighted by Gasteiger charge is -2.36. The number of cyclic esters (lactones) is 1. The molecule has 6 bridgehead atoms. The Labute approximate surface area is 353 Å². The fraction of sp³-hybridized carbons (Fsp3) is 0.489. The average molecular weight is 823 g/mol. The summed E-state index contributed by atoms with van der Waals surface area (Å²) in [5.41, 5.74) is 16.1. The van der Waals surface area contributed by atoms with Gasteiger partial charge >= 0.3 is 5.97 Å². The quantitative estimate of drug-likeness (QED) is 0.146. The maximum absolute atomic E-state index is 14.5. The number of ether oxygens (including phenoxy) is 2. The molecule has 1 saturated heterocycles. The molecule has 0 aliphatic carbocycles. The normalized spacial score (nSPS) is 18.9. The number of hydrogen-bond acceptors (Lipinski definition) is 9. The zero-order valence-corrected chi connectivity index (χ0v) is 36.2. The number of carbonyl (C=O) groups excluding carboxylic acids is 4. The number of phenolic OH excluding ortho intramolecular Hbond substituents is 1. The van der Waals surface area contributed by atoms with Crippen LogP contribution in [0.5, 0.6) is 5.75 Å². The van der Waals surface area contributed by atoms with Crippen molar-refractivity contribution in [1.29, 1.82) is 0 Å². The number of aromatic nitrogens is 1. The van der Waals surface area contributed by atoms with Crippen molar-refractivity contribution in [3.63, 3.8) is 0 Å². The Bertz CT molecular complexity index is 2210. The van der Waals surface area contributed by atoms with E-state index < -0.39 is 41.3 Å². The van der Waals surface area contributed by atoms with Crippen molar-refractivity contribution in [2.75, 3.05) is 40.5 Å². The summed E-state index contributed by atoms with van der Waals surface area (Å²) in [6.45, 7) is 11.9. The van der Waals surface area contributed by atoms with Crippen LogP contribution in [0.2, 0.25) is 0 Å². The lowest BCUT2D eigenvalue weighted by atomic mass is 9.83. The van der Waals surface area contributed by atoms with Crippen LogP contribution in [0.3, 0.4) is 0 Å². The van der Waals surface area contributed by atoms with Gasteiger partial charge in [-0.1, -0.05) is 64.1 Å². The van der Waals surface area contributed by atoms with E-state index in [1.807, 2.05) is 26.0 Å². The predicted molar refractivity (Wildman–Crippen MR) is 233 cm³/mol. The van der Waals surface area contributed by atoms with Gasteiger partial charge in [-0.3, -0.25) is 24.2 Å². The minimum Gasteiger partial charge on any atom is -0.508 e. The summed E-state index contributed by atoms with van der Waals surface area (Å²) in [5, 5.41) is 16.6. The third kappa shape index (κ3) is 9.69. The van der Waals surface area contributed by atoms with E-state index in [1.54, 1.807) is 26.3 Å². The lowest BCUT2D eigenvalue weighted by Crippen LogP contribution is -2.62. The molecule has 2 aliphatic rings. The number of amides is 3. The van der Waals surface area contributed by atoms with Crippen LogP contribution >= 0.6 is 0 Å². The maximum atomic E-state index is 14.5. The van der Waals surface area contributed by atoms with Crippen molar-refractivity contribution in [3.8, 4) is 28.1 Å². The van der Waals surface area contributed by atoms with Crippen LogP contribution in [0.1, 0.15) is 70.6 Å². The molecule has 0 spiro atoms. The van der Waals surface area contributed by atoms with E-state index in [1.165, 1.54) is 15.5 Å². The smallest absolute Gasteiger partial charge is 0.324 e. The van der Waals surface area contributed by atoms with E-state index in [0.717, 1.165) is 51.8 Å².